The van der Waals surface area contributed by atoms with Gasteiger partial charge in [-0.05, 0) is 79.6 Å². The minimum absolute atomic E-state index is 0.140. The Morgan fingerprint density at radius 3 is 2.10 bits per heavy atom. The Hall–Kier alpha value is -7.92. The summed E-state index contributed by atoms with van der Waals surface area (Å²) in [4.78, 5) is 63.4. The van der Waals surface area contributed by atoms with Gasteiger partial charge in [-0.2, -0.15) is 5.10 Å². The molecule has 0 unspecified atom stereocenters. The number of urea groups is 1. The van der Waals surface area contributed by atoms with Crippen LogP contribution in [-0.4, -0.2) is 168 Å². The summed E-state index contributed by atoms with van der Waals surface area (Å²) in [7, 11) is 1.57. The summed E-state index contributed by atoms with van der Waals surface area (Å²) < 4.78 is 37.8. The Morgan fingerprint density at radius 1 is 0.778 bits per heavy atom. The van der Waals surface area contributed by atoms with Crippen LogP contribution < -0.4 is 20.5 Å². The highest BCUT2D eigenvalue weighted by atomic mass is 35.5. The number of benzene rings is 5. The normalized spacial score (nSPS) is 15.4. The molecule has 2 atom stereocenters. The Morgan fingerprint density at radius 2 is 1.44 bits per heavy atom. The highest BCUT2D eigenvalue weighted by molar-refractivity contribution is 6.30. The number of halogens is 2. The fraction of sp³-hybridized carbons (Fsp3) is 0.345. The molecule has 1 fully saturated rings. The lowest BCUT2D eigenvalue weighted by atomic mass is 9.93. The molecular formula is C58H63Cl2N11O10. The van der Waals surface area contributed by atoms with E-state index in [1.807, 2.05) is 86.9 Å². The first-order valence-corrected chi connectivity index (χ1v) is 27.3. The molecule has 3 N–H and O–H groups in total. The highest BCUT2D eigenvalue weighted by Crippen LogP contribution is 2.46. The molecule has 2 aromatic heterocycles. The van der Waals surface area contributed by atoms with Gasteiger partial charge in [0.25, 0.3) is 5.91 Å². The van der Waals surface area contributed by atoms with Gasteiger partial charge in [-0.15, -0.1) is 5.10 Å². The number of carbonyl (C=O) groups excluding carboxylic acids is 4. The van der Waals surface area contributed by atoms with Gasteiger partial charge in [-0.3, -0.25) is 24.3 Å². The predicted octanol–water partition coefficient (Wildman–Crippen LogP) is 7.18. The van der Waals surface area contributed by atoms with E-state index in [9.17, 15) is 14.4 Å². The van der Waals surface area contributed by atoms with Gasteiger partial charge in [0.15, 0.2) is 0 Å². The van der Waals surface area contributed by atoms with Crippen LogP contribution in [0.2, 0.25) is 10.0 Å². The number of carbonyl (C=O) groups is 4. The number of nitrogens with zero attached hydrogens (tertiary/aromatic N) is 9. The number of amides is 5. The van der Waals surface area contributed by atoms with Crippen molar-refractivity contribution in [3.05, 3.63) is 154 Å². The van der Waals surface area contributed by atoms with Crippen LogP contribution in [0.15, 0.2) is 127 Å². The van der Waals surface area contributed by atoms with Crippen LogP contribution in [0.5, 0.6) is 11.5 Å². The van der Waals surface area contributed by atoms with Crippen molar-refractivity contribution in [2.45, 2.75) is 38.6 Å². The first-order valence-electron chi connectivity index (χ1n) is 26.5. The molecule has 7 aromatic rings. The number of nitrogens with one attached hydrogen (secondary N) is 1. The van der Waals surface area contributed by atoms with E-state index in [1.165, 1.54) is 9.80 Å². The molecule has 0 spiro atoms. The number of primary amides is 1. The van der Waals surface area contributed by atoms with Gasteiger partial charge in [0.2, 0.25) is 11.8 Å². The van der Waals surface area contributed by atoms with Crippen molar-refractivity contribution in [3.63, 3.8) is 0 Å². The number of aliphatic imine (C=N–C) groups is 1. The minimum Gasteiger partial charge on any atom is -0.497 e. The Kier molecular flexibility index (Phi) is 19.6. The maximum absolute atomic E-state index is 15.0. The van der Waals surface area contributed by atoms with Crippen molar-refractivity contribution in [1.29, 1.82) is 0 Å². The zero-order chi connectivity index (χ0) is 56.8. The largest absolute Gasteiger partial charge is 0.497 e. The number of nitrogens with two attached hydrogens (primary N) is 1. The second kappa shape index (κ2) is 27.5. The van der Waals surface area contributed by atoms with E-state index < -0.39 is 24.0 Å². The molecule has 23 heteroatoms. The number of ether oxygens (including phenoxy) is 6. The molecular weight excluding hydrogens is 1080 g/mol. The molecule has 21 nitrogen and oxygen atoms in total. The van der Waals surface area contributed by atoms with E-state index >= 15 is 4.79 Å². The first kappa shape index (κ1) is 57.8. The minimum atomic E-state index is -0.654. The van der Waals surface area contributed by atoms with Gasteiger partial charge in [-0.1, -0.05) is 76.9 Å². The van der Waals surface area contributed by atoms with Crippen molar-refractivity contribution >= 4 is 63.7 Å². The zero-order valence-corrected chi connectivity index (χ0v) is 46.6. The Labute approximate surface area is 478 Å². The fourth-order valence-corrected chi connectivity index (χ4v) is 9.58. The van der Waals surface area contributed by atoms with E-state index in [4.69, 9.17) is 62.3 Å². The lowest BCUT2D eigenvalue weighted by molar-refractivity contribution is -0.139. The summed E-state index contributed by atoms with van der Waals surface area (Å²) in [6, 6.07) is 31.4. The quantitative estimate of drug-likeness (QED) is 0.0513. The SMILES string of the molecule is COc1ccc(C2=N[C@H](c3ccc(Cl)cc3)[C@H](c3ccc(Cl)cc3)N2C(=O)N2CCN(CC(=O)NCCOCCOCCOCCOCCn3cc(-c4ccc(-n5cc6cccc(C(N)=O)c6n5)cc4)nn3)C(=O)C2)c(OC(C)C)c1. The van der Waals surface area contributed by atoms with Crippen LogP contribution in [-0.2, 0) is 35.1 Å². The second-order valence-corrected chi connectivity index (χ2v) is 20.1. The van der Waals surface area contributed by atoms with Crippen LogP contribution >= 0.6 is 23.2 Å². The van der Waals surface area contributed by atoms with Crippen LogP contribution in [0, 0.1) is 0 Å². The third-order valence-electron chi connectivity index (χ3n) is 13.3. The number of hydrogen-bond donors (Lipinski definition) is 2. The maximum atomic E-state index is 15.0. The van der Waals surface area contributed by atoms with Gasteiger partial charge in [0, 0.05) is 52.9 Å². The number of methoxy groups -OCH3 is 1. The highest BCUT2D eigenvalue weighted by Gasteiger charge is 2.46. The number of aromatic nitrogens is 5. The summed E-state index contributed by atoms with van der Waals surface area (Å²) in [5, 5.41) is 17.8. The smallest absolute Gasteiger partial charge is 0.326 e. The summed E-state index contributed by atoms with van der Waals surface area (Å²) >= 11 is 12.7. The molecule has 0 radical (unpaired) electrons. The van der Waals surface area contributed by atoms with Crippen LogP contribution in [0.25, 0.3) is 27.8 Å². The summed E-state index contributed by atoms with van der Waals surface area (Å²) in [5.41, 5.74) is 11.0. The van der Waals surface area contributed by atoms with E-state index in [-0.39, 0.29) is 57.2 Å². The van der Waals surface area contributed by atoms with Gasteiger partial charge in [0.05, 0.1) is 108 Å². The van der Waals surface area contributed by atoms with Crippen molar-refractivity contribution in [3.8, 4) is 28.4 Å². The molecule has 2 aliphatic rings. The maximum Gasteiger partial charge on any atom is 0.326 e. The molecule has 2 aliphatic heterocycles. The van der Waals surface area contributed by atoms with Gasteiger partial charge in [-0.25, -0.2) is 14.2 Å². The number of rotatable bonds is 26. The van der Waals surface area contributed by atoms with Crippen LogP contribution in [0.1, 0.15) is 53.0 Å². The van der Waals surface area contributed by atoms with Gasteiger partial charge < -0.3 is 49.3 Å². The van der Waals surface area contributed by atoms with Crippen LogP contribution in [0.3, 0.4) is 0 Å². The molecule has 4 heterocycles. The van der Waals surface area contributed by atoms with Gasteiger partial charge in [0.1, 0.15) is 41.1 Å². The third kappa shape index (κ3) is 14.7. The van der Waals surface area contributed by atoms with Crippen molar-refractivity contribution in [2.24, 2.45) is 10.7 Å². The van der Waals surface area contributed by atoms with E-state index in [1.54, 1.807) is 69.9 Å². The van der Waals surface area contributed by atoms with Crippen LogP contribution in [0.4, 0.5) is 4.79 Å². The first-order chi connectivity index (χ1) is 39.3. The lowest BCUT2D eigenvalue weighted by Crippen LogP contribution is -2.57. The Balaban J connectivity index is 0.655. The molecule has 424 valence electrons. The molecule has 81 heavy (non-hydrogen) atoms. The standard InChI is InChI=1S/C58H63Cl2N11O10/c1-38(2)81-50-33-46(76-3)19-20-47(50)57-63-54(40-7-13-43(59)14-8-40)55(41-9-15-44(60)16-10-41)71(57)58(75)68-23-22-67(52(73)37-68)36-51(72)62-21-25-77-27-29-79-31-32-80-30-28-78-26-24-69-35-49(64-66-69)39-11-17-45(18-12-39)70-34-42-5-4-6-48(56(61)74)53(42)65-70/h4-20,33-35,38,54-55H,21-32,36-37H2,1-3H3,(H2,61,74)(H,62,72)/t54-,55+/m1/s1. The molecule has 0 saturated carbocycles. The molecule has 9 rings (SSSR count). The second-order valence-electron chi connectivity index (χ2n) is 19.3. The van der Waals surface area contributed by atoms with Crippen molar-refractivity contribution < 1.29 is 47.6 Å². The number of hydrogen-bond acceptors (Lipinski definition) is 14. The summed E-state index contributed by atoms with van der Waals surface area (Å²) in [6.07, 6.45) is 3.50. The average molecular weight is 1150 g/mol. The fourth-order valence-electron chi connectivity index (χ4n) is 9.32. The molecule has 5 aromatic carbocycles. The number of fused-ring (bicyclic) bond motifs is 1. The average Bonchev–Trinajstić information content (AvgIpc) is 4.39. The van der Waals surface area contributed by atoms with E-state index in [2.05, 4.69) is 20.7 Å². The van der Waals surface area contributed by atoms with E-state index in [0.717, 1.165) is 33.5 Å². The van der Waals surface area contributed by atoms with Crippen molar-refractivity contribution in [2.75, 3.05) is 92.7 Å². The van der Waals surface area contributed by atoms with Crippen molar-refractivity contribution in [1.82, 2.24) is 44.8 Å². The summed E-state index contributed by atoms with van der Waals surface area (Å²) in [5.74, 6) is 0.152. The number of amidine groups is 1. The molecule has 5 amide bonds. The molecule has 0 bridgehead atoms. The summed E-state index contributed by atoms with van der Waals surface area (Å²) in [6.45, 7) is 7.37. The topological polar surface area (TPSA) is 232 Å². The molecule has 1 saturated heterocycles. The third-order valence-corrected chi connectivity index (χ3v) is 13.8. The molecule has 0 aliphatic carbocycles. The number of piperazine rings is 1. The predicted molar refractivity (Wildman–Crippen MR) is 304 cm³/mol. The van der Waals surface area contributed by atoms with E-state index in [0.29, 0.717) is 96.8 Å². The monoisotopic (exact) mass is 1140 g/mol. The Bertz CT molecular complexity index is 3320. The zero-order valence-electron chi connectivity index (χ0n) is 45.1. The lowest BCUT2D eigenvalue weighted by Gasteiger charge is -2.38. The van der Waals surface area contributed by atoms with Gasteiger partial charge >= 0.3 is 6.03 Å².